The summed E-state index contributed by atoms with van der Waals surface area (Å²) < 4.78 is 11.1. The van der Waals surface area contributed by atoms with Gasteiger partial charge in [-0.05, 0) is 23.2 Å². The molecule has 167 valence electrons. The first-order valence-corrected chi connectivity index (χ1v) is 10.6. The van der Waals surface area contributed by atoms with Crippen molar-refractivity contribution in [3.05, 3.63) is 58.9 Å². The summed E-state index contributed by atoms with van der Waals surface area (Å²) >= 11 is 5.82. The maximum absolute atomic E-state index is 11.0. The van der Waals surface area contributed by atoms with Crippen LogP contribution in [0.25, 0.3) is 11.4 Å². The number of nitrogens with one attached hydrogen (secondary N) is 2. The first-order chi connectivity index (χ1) is 15.7. The van der Waals surface area contributed by atoms with Crippen molar-refractivity contribution in [2.45, 2.75) is 6.54 Å². The van der Waals surface area contributed by atoms with E-state index in [1.54, 1.807) is 17.9 Å². The van der Waals surface area contributed by atoms with E-state index in [0.29, 0.717) is 30.5 Å². The molecule has 0 spiro atoms. The second-order valence-electron chi connectivity index (χ2n) is 7.10. The first kappa shape index (κ1) is 22.3. The van der Waals surface area contributed by atoms with Crippen LogP contribution in [0.2, 0.25) is 5.28 Å². The molecule has 2 aromatic heterocycles. The van der Waals surface area contributed by atoms with Crippen LogP contribution < -0.4 is 15.5 Å². The number of rotatable bonds is 9. The molecule has 0 aliphatic carbocycles. The third-order valence-electron chi connectivity index (χ3n) is 4.92. The molecule has 0 unspecified atom stereocenters. The zero-order chi connectivity index (χ0) is 22.2. The minimum atomic E-state index is 0.0564. The highest BCUT2D eigenvalue weighted by Crippen LogP contribution is 2.20. The Morgan fingerprint density at radius 2 is 1.97 bits per heavy atom. The van der Waals surface area contributed by atoms with Gasteiger partial charge in [-0.25, -0.2) is 15.0 Å². The molecular weight excluding hydrogens is 434 g/mol. The molecule has 1 aliphatic heterocycles. The fourth-order valence-electron chi connectivity index (χ4n) is 3.23. The first-order valence-electron chi connectivity index (χ1n) is 10.2. The van der Waals surface area contributed by atoms with Gasteiger partial charge in [-0.3, -0.25) is 4.90 Å². The van der Waals surface area contributed by atoms with Crippen LogP contribution in [-0.4, -0.2) is 64.3 Å². The Morgan fingerprint density at radius 1 is 1.16 bits per heavy atom. The highest BCUT2D eigenvalue weighted by molar-refractivity contribution is 6.28. The summed E-state index contributed by atoms with van der Waals surface area (Å²) in [6, 6.07) is 7.77. The average molecular weight is 457 g/mol. The smallest absolute Gasteiger partial charge is 0.241 e. The number of aromatic nitrogens is 4. The van der Waals surface area contributed by atoms with Crippen molar-refractivity contribution in [1.82, 2.24) is 24.8 Å². The molecule has 1 radical (unpaired) electrons. The standard InChI is InChI=1S/C21H23ClN7O3/c22-21-26-14-18(28-30)20(27-21)23-11-15-2-1-3-16(10-15)19-24-12-17(13-25-19)32-9-6-29-4-7-31-8-5-29/h1-3,10,12-14,28H,4-9,11H2,(H,23,26,27). The van der Waals surface area contributed by atoms with E-state index in [9.17, 15) is 5.21 Å². The van der Waals surface area contributed by atoms with Gasteiger partial charge in [-0.1, -0.05) is 18.2 Å². The largest absolute Gasteiger partial charge is 0.578 e. The third-order valence-corrected chi connectivity index (χ3v) is 5.10. The van der Waals surface area contributed by atoms with Gasteiger partial charge in [-0.2, -0.15) is 10.5 Å². The number of ether oxygens (including phenoxy) is 2. The molecule has 4 rings (SSSR count). The van der Waals surface area contributed by atoms with E-state index in [-0.39, 0.29) is 11.0 Å². The van der Waals surface area contributed by atoms with E-state index in [0.717, 1.165) is 44.0 Å². The molecule has 3 aromatic rings. The predicted octanol–water partition coefficient (Wildman–Crippen LogP) is 1.39. The van der Waals surface area contributed by atoms with Gasteiger partial charge < -0.3 is 20.0 Å². The van der Waals surface area contributed by atoms with Crippen LogP contribution in [0.15, 0.2) is 42.9 Å². The Kier molecular flexibility index (Phi) is 7.75. The van der Waals surface area contributed by atoms with E-state index < -0.39 is 0 Å². The topological polar surface area (TPSA) is 124 Å². The number of morpholine rings is 1. The molecule has 11 heteroatoms. The van der Waals surface area contributed by atoms with Gasteiger partial charge in [0.2, 0.25) is 11.0 Å². The van der Waals surface area contributed by atoms with Crippen LogP contribution in [0.1, 0.15) is 5.56 Å². The van der Waals surface area contributed by atoms with E-state index in [1.807, 2.05) is 24.3 Å². The minimum absolute atomic E-state index is 0.0564. The van der Waals surface area contributed by atoms with Gasteiger partial charge in [0.25, 0.3) is 0 Å². The van der Waals surface area contributed by atoms with Crippen LogP contribution in [0.3, 0.4) is 0 Å². The second-order valence-corrected chi connectivity index (χ2v) is 7.44. The van der Waals surface area contributed by atoms with Gasteiger partial charge in [0, 0.05) is 31.7 Å². The number of nitrogens with zero attached hydrogens (tertiary/aromatic N) is 5. The second kappa shape index (κ2) is 11.1. The lowest BCUT2D eigenvalue weighted by molar-refractivity contribution is -0.496. The van der Waals surface area contributed by atoms with Crippen molar-refractivity contribution >= 4 is 23.1 Å². The van der Waals surface area contributed by atoms with Gasteiger partial charge in [0.15, 0.2) is 17.4 Å². The lowest BCUT2D eigenvalue weighted by atomic mass is 10.1. The molecule has 0 amide bonds. The van der Waals surface area contributed by atoms with Gasteiger partial charge in [0.1, 0.15) is 12.8 Å². The van der Waals surface area contributed by atoms with Crippen LogP contribution in [0.4, 0.5) is 11.5 Å². The summed E-state index contributed by atoms with van der Waals surface area (Å²) in [6.45, 7) is 5.27. The van der Waals surface area contributed by atoms with E-state index in [2.05, 4.69) is 30.2 Å². The normalized spacial score (nSPS) is 14.3. The molecule has 0 atom stereocenters. The van der Waals surface area contributed by atoms with Crippen molar-refractivity contribution in [3.63, 3.8) is 0 Å². The fourth-order valence-corrected chi connectivity index (χ4v) is 3.37. The summed E-state index contributed by atoms with van der Waals surface area (Å²) in [6.07, 6.45) is 4.70. The van der Waals surface area contributed by atoms with Crippen LogP contribution in [0, 0.1) is 5.21 Å². The summed E-state index contributed by atoms with van der Waals surface area (Å²) in [5.74, 6) is 1.57. The molecule has 1 aromatic carbocycles. The highest BCUT2D eigenvalue weighted by Gasteiger charge is 2.11. The number of hydrogen-bond acceptors (Lipinski definition) is 10. The van der Waals surface area contributed by atoms with Gasteiger partial charge in [0.05, 0.1) is 25.6 Å². The Morgan fingerprint density at radius 3 is 2.75 bits per heavy atom. The van der Waals surface area contributed by atoms with Gasteiger partial charge >= 0.3 is 0 Å². The zero-order valence-corrected chi connectivity index (χ0v) is 18.1. The lowest BCUT2D eigenvalue weighted by Gasteiger charge is -2.26. The van der Waals surface area contributed by atoms with Crippen LogP contribution in [-0.2, 0) is 11.3 Å². The Labute approximate surface area is 190 Å². The van der Waals surface area contributed by atoms with Crippen molar-refractivity contribution in [2.24, 2.45) is 0 Å². The summed E-state index contributed by atoms with van der Waals surface area (Å²) in [7, 11) is 0. The maximum Gasteiger partial charge on any atom is 0.241 e. The molecule has 32 heavy (non-hydrogen) atoms. The van der Waals surface area contributed by atoms with Crippen LogP contribution in [0.5, 0.6) is 5.75 Å². The molecule has 10 nitrogen and oxygen atoms in total. The van der Waals surface area contributed by atoms with Crippen molar-refractivity contribution in [3.8, 4) is 17.1 Å². The van der Waals surface area contributed by atoms with E-state index in [1.165, 1.54) is 6.20 Å². The monoisotopic (exact) mass is 456 g/mol. The molecule has 0 saturated carbocycles. The Balaban J connectivity index is 1.34. The molecule has 0 bridgehead atoms. The van der Waals surface area contributed by atoms with Crippen molar-refractivity contribution < 1.29 is 15.0 Å². The van der Waals surface area contributed by atoms with E-state index in [4.69, 9.17) is 21.1 Å². The number of hydrogen-bond donors (Lipinski definition) is 2. The maximum atomic E-state index is 11.0. The third kappa shape index (κ3) is 6.09. The number of benzene rings is 1. The Bertz CT molecular complexity index is 1020. The average Bonchev–Trinajstić information content (AvgIpc) is 2.84. The quantitative estimate of drug-likeness (QED) is 0.363. The molecule has 3 heterocycles. The molecule has 1 aliphatic rings. The summed E-state index contributed by atoms with van der Waals surface area (Å²) in [4.78, 5) is 19.0. The molecule has 2 N–H and O–H groups in total. The fraction of sp³-hybridized carbons (Fsp3) is 0.333. The molecule has 1 fully saturated rings. The number of anilines is 2. The minimum Gasteiger partial charge on any atom is -0.578 e. The zero-order valence-electron chi connectivity index (χ0n) is 17.3. The lowest BCUT2D eigenvalue weighted by Crippen LogP contribution is -2.70. The van der Waals surface area contributed by atoms with Gasteiger partial charge in [-0.15, -0.1) is 0 Å². The Hall–Kier alpha value is -2.89. The summed E-state index contributed by atoms with van der Waals surface area (Å²) in [5.41, 5.74) is 3.85. The molecule has 1 saturated heterocycles. The van der Waals surface area contributed by atoms with Crippen molar-refractivity contribution in [1.29, 1.82) is 0 Å². The van der Waals surface area contributed by atoms with E-state index >= 15 is 0 Å². The highest BCUT2D eigenvalue weighted by atomic mass is 35.5. The molecular formula is C21H23ClN7O3. The van der Waals surface area contributed by atoms with Crippen LogP contribution >= 0.6 is 11.6 Å². The number of halogens is 1. The SMILES string of the molecule is [O-][NH+]c1cnc(Cl)nc1NCc1cccc(-c2ncc(OCCN3CCOCC3)cn2)c1. The van der Waals surface area contributed by atoms with Crippen molar-refractivity contribution in [2.75, 3.05) is 44.8 Å². The predicted molar refractivity (Wildman–Crippen MR) is 119 cm³/mol. The summed E-state index contributed by atoms with van der Waals surface area (Å²) in [5, 5.41) is 14.2.